The van der Waals surface area contributed by atoms with Gasteiger partial charge in [-0.25, -0.2) is 4.99 Å². The Balaban J connectivity index is 1.80. The van der Waals surface area contributed by atoms with E-state index >= 15 is 0 Å². The molecule has 2 rings (SSSR count). The first kappa shape index (κ1) is 21.5. The van der Waals surface area contributed by atoms with Crippen LogP contribution in [0.2, 0.25) is 0 Å². The zero-order valence-corrected chi connectivity index (χ0v) is 16.0. The molecule has 0 aliphatic carbocycles. The second kappa shape index (κ2) is 10.5. The molecule has 1 saturated heterocycles. The van der Waals surface area contributed by atoms with E-state index in [1.807, 2.05) is 19.1 Å². The fourth-order valence-corrected chi connectivity index (χ4v) is 2.97. The van der Waals surface area contributed by atoms with E-state index in [2.05, 4.69) is 32.3 Å². The number of alkyl halides is 3. The number of aliphatic imine (C=N–C) groups is 1. The maximum atomic E-state index is 12.1. The Morgan fingerprint density at radius 2 is 1.93 bits per heavy atom. The number of likely N-dealkylation sites (tertiary alicyclic amines) is 1. The van der Waals surface area contributed by atoms with Gasteiger partial charge in [0.05, 0.1) is 13.2 Å². The Kier molecular flexibility index (Phi) is 8.37. The summed E-state index contributed by atoms with van der Waals surface area (Å²) in [7, 11) is 2.14. The SMILES string of the molecule is CCNC(=NCc1ccc(COCC(F)(F)F)cc1)NCC1CCN(C)C1. The van der Waals surface area contributed by atoms with E-state index in [4.69, 9.17) is 0 Å². The topological polar surface area (TPSA) is 48.9 Å². The van der Waals surface area contributed by atoms with Crippen LogP contribution in [0.1, 0.15) is 24.5 Å². The fraction of sp³-hybridized carbons (Fsp3) is 0.632. The minimum Gasteiger partial charge on any atom is -0.367 e. The average Bonchev–Trinajstić information content (AvgIpc) is 3.03. The second-order valence-electron chi connectivity index (χ2n) is 6.92. The normalized spacial score (nSPS) is 18.7. The van der Waals surface area contributed by atoms with E-state index in [1.165, 1.54) is 6.42 Å². The van der Waals surface area contributed by atoms with Gasteiger partial charge in [0.15, 0.2) is 5.96 Å². The van der Waals surface area contributed by atoms with Gasteiger partial charge >= 0.3 is 6.18 Å². The molecule has 1 aliphatic heterocycles. The Morgan fingerprint density at radius 1 is 1.22 bits per heavy atom. The predicted molar refractivity (Wildman–Crippen MR) is 101 cm³/mol. The molecule has 0 aromatic heterocycles. The van der Waals surface area contributed by atoms with Crippen molar-refractivity contribution in [2.45, 2.75) is 32.7 Å². The quantitative estimate of drug-likeness (QED) is 0.533. The number of guanidine groups is 1. The van der Waals surface area contributed by atoms with E-state index < -0.39 is 12.8 Å². The molecule has 1 unspecified atom stereocenters. The summed E-state index contributed by atoms with van der Waals surface area (Å²) in [5.41, 5.74) is 1.70. The molecule has 1 atom stereocenters. The zero-order valence-electron chi connectivity index (χ0n) is 16.0. The van der Waals surface area contributed by atoms with Crippen molar-refractivity contribution < 1.29 is 17.9 Å². The summed E-state index contributed by atoms with van der Waals surface area (Å²) in [5, 5.41) is 6.63. The van der Waals surface area contributed by atoms with Crippen molar-refractivity contribution in [3.63, 3.8) is 0 Å². The Labute approximate surface area is 159 Å². The molecule has 8 heteroatoms. The van der Waals surface area contributed by atoms with Crippen molar-refractivity contribution in [1.29, 1.82) is 0 Å². The molecule has 1 fully saturated rings. The molecular weight excluding hydrogens is 357 g/mol. The highest BCUT2D eigenvalue weighted by molar-refractivity contribution is 5.79. The fourth-order valence-electron chi connectivity index (χ4n) is 2.97. The second-order valence-corrected chi connectivity index (χ2v) is 6.92. The van der Waals surface area contributed by atoms with E-state index in [-0.39, 0.29) is 6.61 Å². The molecule has 5 nitrogen and oxygen atoms in total. The van der Waals surface area contributed by atoms with E-state index in [0.717, 1.165) is 37.7 Å². The molecule has 0 spiro atoms. The van der Waals surface area contributed by atoms with E-state index in [9.17, 15) is 13.2 Å². The molecule has 27 heavy (non-hydrogen) atoms. The van der Waals surface area contributed by atoms with Crippen molar-refractivity contribution >= 4 is 5.96 Å². The van der Waals surface area contributed by atoms with Gasteiger partial charge in [0, 0.05) is 19.6 Å². The van der Waals surface area contributed by atoms with Crippen molar-refractivity contribution in [1.82, 2.24) is 15.5 Å². The predicted octanol–water partition coefficient (Wildman–Crippen LogP) is 2.77. The number of ether oxygens (including phenoxy) is 1. The van der Waals surface area contributed by atoms with Crippen LogP contribution >= 0.6 is 0 Å². The number of halogens is 3. The van der Waals surface area contributed by atoms with Crippen LogP contribution < -0.4 is 10.6 Å². The van der Waals surface area contributed by atoms with Gasteiger partial charge in [0.1, 0.15) is 6.61 Å². The summed E-state index contributed by atoms with van der Waals surface area (Å²) in [4.78, 5) is 6.92. The molecule has 1 aliphatic rings. The Morgan fingerprint density at radius 3 is 2.52 bits per heavy atom. The highest BCUT2D eigenvalue weighted by atomic mass is 19.4. The lowest BCUT2D eigenvalue weighted by Crippen LogP contribution is -2.40. The third-order valence-corrected chi connectivity index (χ3v) is 4.37. The van der Waals surface area contributed by atoms with Crippen LogP contribution in [0.15, 0.2) is 29.3 Å². The summed E-state index contributed by atoms with van der Waals surface area (Å²) in [6.45, 7) is 5.16. The third-order valence-electron chi connectivity index (χ3n) is 4.37. The van der Waals surface area contributed by atoms with Crippen LogP contribution in [0.4, 0.5) is 13.2 Å². The number of rotatable bonds is 8. The molecule has 1 aromatic rings. The number of nitrogens with zero attached hydrogens (tertiary/aromatic N) is 2. The maximum absolute atomic E-state index is 12.1. The third kappa shape index (κ3) is 8.62. The summed E-state index contributed by atoms with van der Waals surface area (Å²) in [5.74, 6) is 1.42. The highest BCUT2D eigenvalue weighted by Gasteiger charge is 2.27. The molecule has 1 heterocycles. The number of hydrogen-bond donors (Lipinski definition) is 2. The average molecular weight is 386 g/mol. The summed E-state index contributed by atoms with van der Waals surface area (Å²) >= 11 is 0. The van der Waals surface area contributed by atoms with Crippen LogP contribution in [0.3, 0.4) is 0 Å². The highest BCUT2D eigenvalue weighted by Crippen LogP contribution is 2.16. The lowest BCUT2D eigenvalue weighted by Gasteiger charge is -2.15. The molecule has 0 saturated carbocycles. The van der Waals surface area contributed by atoms with Crippen molar-refractivity contribution in [2.24, 2.45) is 10.9 Å². The van der Waals surface area contributed by atoms with Crippen molar-refractivity contribution in [3.05, 3.63) is 35.4 Å². The Hall–Kier alpha value is -1.80. The standard InChI is InChI=1S/C19H29F3N4O/c1-3-23-18(25-11-17-8-9-26(2)12-17)24-10-15-4-6-16(7-5-15)13-27-14-19(20,21)22/h4-7,17H,3,8-14H2,1-2H3,(H2,23,24,25). The van der Waals surface area contributed by atoms with Gasteiger partial charge in [-0.2, -0.15) is 13.2 Å². The van der Waals surface area contributed by atoms with Crippen LogP contribution in [0.25, 0.3) is 0 Å². The molecule has 152 valence electrons. The molecule has 1 aromatic carbocycles. The monoisotopic (exact) mass is 386 g/mol. The summed E-state index contributed by atoms with van der Waals surface area (Å²) in [6, 6.07) is 7.28. The minimum atomic E-state index is -4.29. The van der Waals surface area contributed by atoms with Gasteiger partial charge in [-0.05, 0) is 44.0 Å². The van der Waals surface area contributed by atoms with Crippen LogP contribution in [0.5, 0.6) is 0 Å². The number of nitrogens with one attached hydrogen (secondary N) is 2. The van der Waals surface area contributed by atoms with Crippen LogP contribution in [0, 0.1) is 5.92 Å². The van der Waals surface area contributed by atoms with Crippen LogP contribution in [-0.4, -0.2) is 56.9 Å². The summed E-state index contributed by atoms with van der Waals surface area (Å²) in [6.07, 6.45) is -3.10. The first-order chi connectivity index (χ1) is 12.9. The largest absolute Gasteiger partial charge is 0.411 e. The minimum absolute atomic E-state index is 0.0525. The van der Waals surface area contributed by atoms with Crippen LogP contribution in [-0.2, 0) is 17.9 Å². The molecule has 0 amide bonds. The lowest BCUT2D eigenvalue weighted by atomic mass is 10.1. The van der Waals surface area contributed by atoms with Gasteiger partial charge in [-0.3, -0.25) is 0 Å². The molecule has 0 radical (unpaired) electrons. The van der Waals surface area contributed by atoms with Gasteiger partial charge in [0.25, 0.3) is 0 Å². The van der Waals surface area contributed by atoms with Gasteiger partial charge < -0.3 is 20.3 Å². The summed E-state index contributed by atoms with van der Waals surface area (Å²) < 4.78 is 40.9. The molecular formula is C19H29F3N4O. The maximum Gasteiger partial charge on any atom is 0.411 e. The Bertz CT molecular complexity index is 590. The van der Waals surface area contributed by atoms with Gasteiger partial charge in [0.2, 0.25) is 0 Å². The molecule has 0 bridgehead atoms. The first-order valence-corrected chi connectivity index (χ1v) is 9.28. The van der Waals surface area contributed by atoms with E-state index in [0.29, 0.717) is 18.0 Å². The van der Waals surface area contributed by atoms with Crippen molar-refractivity contribution in [2.75, 3.05) is 39.8 Å². The van der Waals surface area contributed by atoms with Gasteiger partial charge in [-0.1, -0.05) is 24.3 Å². The smallest absolute Gasteiger partial charge is 0.367 e. The molecule has 2 N–H and O–H groups in total. The first-order valence-electron chi connectivity index (χ1n) is 9.28. The number of benzene rings is 1. The number of hydrogen-bond acceptors (Lipinski definition) is 3. The van der Waals surface area contributed by atoms with Gasteiger partial charge in [-0.15, -0.1) is 0 Å². The lowest BCUT2D eigenvalue weighted by molar-refractivity contribution is -0.176. The zero-order chi connectivity index (χ0) is 19.7. The van der Waals surface area contributed by atoms with E-state index in [1.54, 1.807) is 12.1 Å². The van der Waals surface area contributed by atoms with Crippen molar-refractivity contribution in [3.8, 4) is 0 Å².